The maximum atomic E-state index is 12.5. The van der Waals surface area contributed by atoms with Gasteiger partial charge < -0.3 is 14.6 Å². The van der Waals surface area contributed by atoms with E-state index in [-0.39, 0.29) is 5.91 Å². The number of rotatable bonds is 10. The van der Waals surface area contributed by atoms with Crippen molar-refractivity contribution in [2.24, 2.45) is 0 Å². The molecule has 2 heterocycles. The maximum absolute atomic E-state index is 12.5. The fourth-order valence-corrected chi connectivity index (χ4v) is 4.07. The van der Waals surface area contributed by atoms with E-state index in [0.29, 0.717) is 24.6 Å². The number of imidazole rings is 1. The van der Waals surface area contributed by atoms with Gasteiger partial charge in [-0.15, -0.1) is 0 Å². The fourth-order valence-electron chi connectivity index (χ4n) is 4.07. The van der Waals surface area contributed by atoms with Crippen LogP contribution >= 0.6 is 0 Å². The minimum atomic E-state index is -0.131. The summed E-state index contributed by atoms with van der Waals surface area (Å²) < 4.78 is 8.36. The van der Waals surface area contributed by atoms with Crippen LogP contribution in [-0.4, -0.2) is 27.0 Å². The molecule has 0 spiro atoms. The molecule has 6 heteroatoms. The summed E-state index contributed by atoms with van der Waals surface area (Å²) in [5.74, 6) is 2.14. The number of carbonyl (C=O) groups excluding carboxylic acids is 1. The molecule has 34 heavy (non-hydrogen) atoms. The Kier molecular flexibility index (Phi) is 7.58. The van der Waals surface area contributed by atoms with Crippen molar-refractivity contribution in [2.75, 3.05) is 6.61 Å². The Balaban J connectivity index is 1.38. The van der Waals surface area contributed by atoms with Crippen molar-refractivity contribution in [1.29, 1.82) is 0 Å². The SMILES string of the molecule is Cc1ccc(C(C)C)c(OCCCCn2c(CNC(=O)c3ccncc3)nc3ccccc32)c1. The number of aryl methyl sites for hydroxylation is 2. The summed E-state index contributed by atoms with van der Waals surface area (Å²) in [4.78, 5) is 21.2. The van der Waals surface area contributed by atoms with Crippen LogP contribution in [0, 0.1) is 6.92 Å². The second-order valence-electron chi connectivity index (χ2n) is 8.84. The van der Waals surface area contributed by atoms with Crippen LogP contribution in [-0.2, 0) is 13.1 Å². The monoisotopic (exact) mass is 456 g/mol. The average molecular weight is 457 g/mol. The van der Waals surface area contributed by atoms with Crippen molar-refractivity contribution in [1.82, 2.24) is 19.9 Å². The quantitative estimate of drug-likeness (QED) is 0.313. The topological polar surface area (TPSA) is 69.0 Å². The summed E-state index contributed by atoms with van der Waals surface area (Å²) in [7, 11) is 0. The number of pyridine rings is 1. The molecule has 0 unspecified atom stereocenters. The number of fused-ring (bicyclic) bond motifs is 1. The first-order valence-corrected chi connectivity index (χ1v) is 11.9. The number of hydrogen-bond acceptors (Lipinski definition) is 4. The van der Waals surface area contributed by atoms with Gasteiger partial charge in [0.25, 0.3) is 5.91 Å². The van der Waals surface area contributed by atoms with Crippen LogP contribution in [0.2, 0.25) is 0 Å². The molecule has 0 aliphatic heterocycles. The minimum absolute atomic E-state index is 0.131. The molecule has 0 atom stereocenters. The van der Waals surface area contributed by atoms with Gasteiger partial charge in [0.15, 0.2) is 0 Å². The van der Waals surface area contributed by atoms with Crippen LogP contribution in [0.25, 0.3) is 11.0 Å². The number of nitrogens with one attached hydrogen (secondary N) is 1. The van der Waals surface area contributed by atoms with Crippen molar-refractivity contribution in [2.45, 2.75) is 52.6 Å². The van der Waals surface area contributed by atoms with Gasteiger partial charge >= 0.3 is 0 Å². The van der Waals surface area contributed by atoms with Gasteiger partial charge in [-0.1, -0.05) is 38.1 Å². The van der Waals surface area contributed by atoms with E-state index in [1.54, 1.807) is 24.5 Å². The number of carbonyl (C=O) groups is 1. The van der Waals surface area contributed by atoms with Crippen molar-refractivity contribution in [3.63, 3.8) is 0 Å². The van der Waals surface area contributed by atoms with E-state index in [0.717, 1.165) is 42.0 Å². The van der Waals surface area contributed by atoms with Gasteiger partial charge in [0.2, 0.25) is 0 Å². The molecule has 6 nitrogen and oxygen atoms in total. The second-order valence-corrected chi connectivity index (χ2v) is 8.84. The Morgan fingerprint density at radius 1 is 1.06 bits per heavy atom. The summed E-state index contributed by atoms with van der Waals surface area (Å²) >= 11 is 0. The van der Waals surface area contributed by atoms with E-state index in [1.165, 1.54) is 11.1 Å². The van der Waals surface area contributed by atoms with Gasteiger partial charge in [-0.3, -0.25) is 9.78 Å². The summed E-state index contributed by atoms with van der Waals surface area (Å²) in [6, 6.07) is 17.9. The van der Waals surface area contributed by atoms with Crippen molar-refractivity contribution >= 4 is 16.9 Å². The molecule has 4 rings (SSSR count). The lowest BCUT2D eigenvalue weighted by Gasteiger charge is -2.15. The lowest BCUT2D eigenvalue weighted by Crippen LogP contribution is -2.24. The molecular formula is C28H32N4O2. The average Bonchev–Trinajstić information content (AvgIpc) is 3.20. The number of unbranched alkanes of at least 4 members (excludes halogenated alkanes) is 1. The fraction of sp³-hybridized carbons (Fsp3) is 0.321. The summed E-state index contributed by atoms with van der Waals surface area (Å²) in [6.45, 7) is 8.33. The van der Waals surface area contributed by atoms with E-state index >= 15 is 0 Å². The number of nitrogens with zero attached hydrogens (tertiary/aromatic N) is 3. The Labute approximate surface area is 201 Å². The van der Waals surface area contributed by atoms with Gasteiger partial charge in [0.05, 0.1) is 24.2 Å². The molecule has 4 aromatic rings. The first kappa shape index (κ1) is 23.5. The second kappa shape index (κ2) is 11.0. The lowest BCUT2D eigenvalue weighted by atomic mass is 10.0. The Morgan fingerprint density at radius 3 is 2.65 bits per heavy atom. The van der Waals surface area contributed by atoms with Crippen LogP contribution in [0.3, 0.4) is 0 Å². The van der Waals surface area contributed by atoms with Gasteiger partial charge in [0, 0.05) is 24.5 Å². The van der Waals surface area contributed by atoms with Gasteiger partial charge in [-0.2, -0.15) is 0 Å². The molecule has 176 valence electrons. The zero-order valence-electron chi connectivity index (χ0n) is 20.1. The van der Waals surface area contributed by atoms with Crippen LogP contribution in [0.4, 0.5) is 0 Å². The zero-order chi connectivity index (χ0) is 23.9. The van der Waals surface area contributed by atoms with Crippen LogP contribution < -0.4 is 10.1 Å². The molecule has 2 aromatic heterocycles. The van der Waals surface area contributed by atoms with E-state index in [1.807, 2.05) is 18.2 Å². The summed E-state index contributed by atoms with van der Waals surface area (Å²) in [5.41, 5.74) is 5.07. The van der Waals surface area contributed by atoms with Crippen molar-refractivity contribution < 1.29 is 9.53 Å². The number of ether oxygens (including phenoxy) is 1. The first-order valence-electron chi connectivity index (χ1n) is 11.9. The van der Waals surface area contributed by atoms with E-state index in [9.17, 15) is 4.79 Å². The molecule has 0 aliphatic carbocycles. The predicted octanol–water partition coefficient (Wildman–Crippen LogP) is 5.65. The molecule has 0 saturated heterocycles. The number of para-hydroxylation sites is 2. The highest BCUT2D eigenvalue weighted by Crippen LogP contribution is 2.27. The first-order chi connectivity index (χ1) is 16.5. The lowest BCUT2D eigenvalue weighted by molar-refractivity contribution is 0.0949. The normalized spacial score (nSPS) is 11.2. The Hall–Kier alpha value is -3.67. The van der Waals surface area contributed by atoms with Gasteiger partial charge in [-0.25, -0.2) is 4.98 Å². The van der Waals surface area contributed by atoms with E-state index < -0.39 is 0 Å². The number of benzene rings is 2. The molecule has 0 bridgehead atoms. The maximum Gasteiger partial charge on any atom is 0.251 e. The third-order valence-corrected chi connectivity index (χ3v) is 5.91. The molecule has 0 aliphatic rings. The molecule has 1 N–H and O–H groups in total. The summed E-state index contributed by atoms with van der Waals surface area (Å²) in [5, 5.41) is 2.99. The number of amides is 1. The molecule has 0 saturated carbocycles. The Morgan fingerprint density at radius 2 is 1.85 bits per heavy atom. The third kappa shape index (κ3) is 5.63. The minimum Gasteiger partial charge on any atom is -0.493 e. The highest BCUT2D eigenvalue weighted by Gasteiger charge is 2.13. The number of hydrogen-bond donors (Lipinski definition) is 1. The van der Waals surface area contributed by atoms with Crippen molar-refractivity contribution in [3.8, 4) is 5.75 Å². The molecule has 0 fully saturated rings. The molecule has 2 aromatic carbocycles. The Bertz CT molecular complexity index is 1250. The highest BCUT2D eigenvalue weighted by atomic mass is 16.5. The standard InChI is InChI=1S/C28H32N4O2/c1-20(2)23-11-10-21(3)18-26(23)34-17-7-6-16-32-25-9-5-4-8-24(25)31-27(32)19-30-28(33)22-12-14-29-15-13-22/h4-5,8-15,18,20H,6-7,16-17,19H2,1-3H3,(H,30,33). The van der Waals surface area contributed by atoms with Crippen LogP contribution in [0.1, 0.15) is 59.9 Å². The highest BCUT2D eigenvalue weighted by molar-refractivity contribution is 5.93. The largest absolute Gasteiger partial charge is 0.493 e. The molecule has 1 amide bonds. The van der Waals surface area contributed by atoms with E-state index in [4.69, 9.17) is 9.72 Å². The van der Waals surface area contributed by atoms with Crippen LogP contribution in [0.15, 0.2) is 67.0 Å². The zero-order valence-corrected chi connectivity index (χ0v) is 20.1. The smallest absolute Gasteiger partial charge is 0.251 e. The van der Waals surface area contributed by atoms with Gasteiger partial charge in [0.1, 0.15) is 11.6 Å². The molecular weight excluding hydrogens is 424 g/mol. The van der Waals surface area contributed by atoms with Crippen LogP contribution in [0.5, 0.6) is 5.75 Å². The summed E-state index contributed by atoms with van der Waals surface area (Å²) in [6.07, 6.45) is 5.12. The van der Waals surface area contributed by atoms with Gasteiger partial charge in [-0.05, 0) is 67.1 Å². The van der Waals surface area contributed by atoms with Crippen molar-refractivity contribution in [3.05, 3.63) is 89.5 Å². The predicted molar refractivity (Wildman–Crippen MR) is 135 cm³/mol. The van der Waals surface area contributed by atoms with E-state index in [2.05, 4.69) is 59.9 Å². The number of aromatic nitrogens is 3. The molecule has 0 radical (unpaired) electrons. The third-order valence-electron chi connectivity index (χ3n) is 5.91.